The number of thioether (sulfide) groups is 1. The summed E-state index contributed by atoms with van der Waals surface area (Å²) in [4.78, 5) is 4.28. The van der Waals surface area contributed by atoms with Crippen molar-refractivity contribution in [1.29, 1.82) is 0 Å². The molecule has 16 heavy (non-hydrogen) atoms. The minimum atomic E-state index is -0.690. The molecule has 0 saturated heterocycles. The summed E-state index contributed by atoms with van der Waals surface area (Å²) >= 11 is 1.46. The van der Waals surface area contributed by atoms with Crippen LogP contribution in [0.2, 0.25) is 0 Å². The van der Waals surface area contributed by atoms with E-state index in [9.17, 15) is 5.11 Å². The van der Waals surface area contributed by atoms with E-state index in [4.69, 9.17) is 5.11 Å². The van der Waals surface area contributed by atoms with E-state index in [0.29, 0.717) is 5.75 Å². The average Bonchev–Trinajstić information content (AvgIpc) is 2.35. The Hall–Kier alpha value is -0.620. The van der Waals surface area contributed by atoms with E-state index in [-0.39, 0.29) is 12.6 Å². The minimum Gasteiger partial charge on any atom is -0.394 e. The number of rotatable bonds is 6. The Bertz CT molecular complexity index is 323. The van der Waals surface area contributed by atoms with Crippen LogP contribution < -0.4 is 5.32 Å². The first-order valence-corrected chi connectivity index (χ1v) is 6.21. The summed E-state index contributed by atoms with van der Waals surface area (Å²) in [5.74, 6) is 0.455. The van der Waals surface area contributed by atoms with E-state index in [1.807, 2.05) is 19.2 Å². The van der Waals surface area contributed by atoms with Crippen LogP contribution in [0.25, 0.3) is 0 Å². The molecule has 1 aromatic rings. The zero-order chi connectivity index (χ0) is 12.0. The highest BCUT2D eigenvalue weighted by Crippen LogP contribution is 2.25. The monoisotopic (exact) mass is 242 g/mol. The van der Waals surface area contributed by atoms with Crippen LogP contribution in [0.15, 0.2) is 23.4 Å². The molecule has 1 heterocycles. The SMILES string of the molecule is CNC(C)c1cccnc1SCC(O)CO. The Balaban J connectivity index is 2.71. The number of nitrogens with one attached hydrogen (secondary N) is 1. The minimum absolute atomic E-state index is 0.212. The van der Waals surface area contributed by atoms with E-state index < -0.39 is 6.10 Å². The molecule has 5 heteroatoms. The van der Waals surface area contributed by atoms with Gasteiger partial charge in [-0.05, 0) is 20.0 Å². The van der Waals surface area contributed by atoms with Gasteiger partial charge in [0.15, 0.2) is 0 Å². The maximum absolute atomic E-state index is 9.29. The second-order valence-corrected chi connectivity index (χ2v) is 4.56. The van der Waals surface area contributed by atoms with Crippen molar-refractivity contribution >= 4 is 11.8 Å². The molecule has 0 radical (unpaired) electrons. The van der Waals surface area contributed by atoms with Crippen LogP contribution in [0.1, 0.15) is 18.5 Å². The largest absolute Gasteiger partial charge is 0.394 e. The molecule has 0 aromatic carbocycles. The van der Waals surface area contributed by atoms with E-state index in [2.05, 4.69) is 17.2 Å². The maximum Gasteiger partial charge on any atom is 0.101 e. The quantitative estimate of drug-likeness (QED) is 0.644. The Labute approximate surface area is 100 Å². The van der Waals surface area contributed by atoms with Gasteiger partial charge >= 0.3 is 0 Å². The topological polar surface area (TPSA) is 65.4 Å². The fourth-order valence-electron chi connectivity index (χ4n) is 1.24. The molecule has 2 unspecified atom stereocenters. The van der Waals surface area contributed by atoms with Crippen molar-refractivity contribution in [2.45, 2.75) is 24.1 Å². The van der Waals surface area contributed by atoms with Gasteiger partial charge in [-0.1, -0.05) is 6.07 Å². The van der Waals surface area contributed by atoms with Crippen molar-refractivity contribution in [2.75, 3.05) is 19.4 Å². The van der Waals surface area contributed by atoms with Gasteiger partial charge in [0.1, 0.15) is 5.03 Å². The van der Waals surface area contributed by atoms with Crippen LogP contribution in [0.5, 0.6) is 0 Å². The molecule has 90 valence electrons. The van der Waals surface area contributed by atoms with Crippen molar-refractivity contribution < 1.29 is 10.2 Å². The first kappa shape index (κ1) is 13.4. The Kier molecular flexibility index (Phi) is 5.76. The molecule has 0 spiro atoms. The van der Waals surface area contributed by atoms with E-state index >= 15 is 0 Å². The highest BCUT2D eigenvalue weighted by molar-refractivity contribution is 7.99. The van der Waals surface area contributed by atoms with Crippen molar-refractivity contribution in [2.24, 2.45) is 0 Å². The normalized spacial score (nSPS) is 14.8. The number of pyridine rings is 1. The lowest BCUT2D eigenvalue weighted by Gasteiger charge is -2.15. The van der Waals surface area contributed by atoms with E-state index in [1.165, 1.54) is 11.8 Å². The smallest absolute Gasteiger partial charge is 0.101 e. The maximum atomic E-state index is 9.29. The Morgan fingerprint density at radius 2 is 2.31 bits per heavy atom. The summed E-state index contributed by atoms with van der Waals surface area (Å²) in [6, 6.07) is 4.14. The third-order valence-electron chi connectivity index (χ3n) is 2.32. The first-order valence-electron chi connectivity index (χ1n) is 5.23. The molecule has 0 aliphatic carbocycles. The van der Waals surface area contributed by atoms with Crippen LogP contribution in [0, 0.1) is 0 Å². The van der Waals surface area contributed by atoms with Gasteiger partial charge < -0.3 is 15.5 Å². The van der Waals surface area contributed by atoms with Gasteiger partial charge in [0.25, 0.3) is 0 Å². The molecule has 2 atom stereocenters. The molecule has 1 rings (SSSR count). The van der Waals surface area contributed by atoms with Crippen molar-refractivity contribution in [1.82, 2.24) is 10.3 Å². The van der Waals surface area contributed by atoms with Crippen LogP contribution in [-0.2, 0) is 0 Å². The van der Waals surface area contributed by atoms with Gasteiger partial charge in [-0.3, -0.25) is 0 Å². The highest BCUT2D eigenvalue weighted by atomic mass is 32.2. The number of aliphatic hydroxyl groups is 2. The molecule has 0 aliphatic rings. The van der Waals surface area contributed by atoms with E-state index in [1.54, 1.807) is 6.20 Å². The summed E-state index contributed by atoms with van der Waals surface area (Å²) in [6.45, 7) is 1.85. The van der Waals surface area contributed by atoms with Crippen LogP contribution >= 0.6 is 11.8 Å². The molecule has 0 saturated carbocycles. The fourth-order valence-corrected chi connectivity index (χ4v) is 2.24. The van der Waals surface area contributed by atoms with Gasteiger partial charge in [-0.15, -0.1) is 11.8 Å². The third-order valence-corrected chi connectivity index (χ3v) is 3.49. The molecule has 3 N–H and O–H groups in total. The third kappa shape index (κ3) is 3.75. The lowest BCUT2D eigenvalue weighted by atomic mass is 10.1. The zero-order valence-electron chi connectivity index (χ0n) is 9.55. The molecule has 4 nitrogen and oxygen atoms in total. The van der Waals surface area contributed by atoms with E-state index in [0.717, 1.165) is 10.6 Å². The zero-order valence-corrected chi connectivity index (χ0v) is 10.4. The number of aromatic nitrogens is 1. The molecule has 0 amide bonds. The number of hydrogen-bond acceptors (Lipinski definition) is 5. The van der Waals surface area contributed by atoms with Gasteiger partial charge in [-0.25, -0.2) is 4.98 Å². The predicted molar refractivity (Wildman–Crippen MR) is 65.5 cm³/mol. The van der Waals surface area contributed by atoms with Crippen molar-refractivity contribution in [3.63, 3.8) is 0 Å². The lowest BCUT2D eigenvalue weighted by Crippen LogP contribution is -2.16. The van der Waals surface area contributed by atoms with Gasteiger partial charge in [0, 0.05) is 23.6 Å². The average molecular weight is 242 g/mol. The van der Waals surface area contributed by atoms with Gasteiger partial charge in [0.2, 0.25) is 0 Å². The Morgan fingerprint density at radius 1 is 1.56 bits per heavy atom. The van der Waals surface area contributed by atoms with Gasteiger partial charge in [-0.2, -0.15) is 0 Å². The fraction of sp³-hybridized carbons (Fsp3) is 0.545. The Morgan fingerprint density at radius 3 is 2.94 bits per heavy atom. The molecule has 0 bridgehead atoms. The lowest BCUT2D eigenvalue weighted by molar-refractivity contribution is 0.113. The summed E-state index contributed by atoms with van der Waals surface area (Å²) in [6.07, 6.45) is 1.05. The standard InChI is InChI=1S/C11H18N2O2S/c1-8(12-2)10-4-3-5-13-11(10)16-7-9(15)6-14/h3-5,8-9,12,14-15H,6-7H2,1-2H3. The van der Waals surface area contributed by atoms with Crippen molar-refractivity contribution in [3.8, 4) is 0 Å². The first-order chi connectivity index (χ1) is 7.69. The van der Waals surface area contributed by atoms with Crippen LogP contribution in [0.3, 0.4) is 0 Å². The molecular weight excluding hydrogens is 224 g/mol. The summed E-state index contributed by atoms with van der Waals surface area (Å²) in [7, 11) is 1.90. The number of aliphatic hydroxyl groups excluding tert-OH is 2. The summed E-state index contributed by atoms with van der Waals surface area (Å²) < 4.78 is 0. The second kappa shape index (κ2) is 6.85. The summed E-state index contributed by atoms with van der Waals surface area (Å²) in [5.41, 5.74) is 1.11. The molecule has 0 aliphatic heterocycles. The van der Waals surface area contributed by atoms with Crippen LogP contribution in [0.4, 0.5) is 0 Å². The number of nitrogens with zero attached hydrogens (tertiary/aromatic N) is 1. The second-order valence-electron chi connectivity index (χ2n) is 3.56. The predicted octanol–water partition coefficient (Wildman–Crippen LogP) is 0.807. The van der Waals surface area contributed by atoms with Gasteiger partial charge in [0.05, 0.1) is 12.7 Å². The highest BCUT2D eigenvalue weighted by Gasteiger charge is 2.11. The van der Waals surface area contributed by atoms with Crippen molar-refractivity contribution in [3.05, 3.63) is 23.9 Å². The molecule has 0 fully saturated rings. The molecule has 1 aromatic heterocycles. The number of hydrogen-bond donors (Lipinski definition) is 3. The molecular formula is C11H18N2O2S. The summed E-state index contributed by atoms with van der Waals surface area (Å²) in [5, 5.41) is 22.1. The van der Waals surface area contributed by atoms with Crippen LogP contribution in [-0.4, -0.2) is 40.7 Å².